The molecule has 0 aliphatic carbocycles. The van der Waals surface area contributed by atoms with E-state index in [-0.39, 0.29) is 16.9 Å². The van der Waals surface area contributed by atoms with Crippen LogP contribution in [0.25, 0.3) is 0 Å². The first-order valence-corrected chi connectivity index (χ1v) is 5.34. The van der Waals surface area contributed by atoms with Crippen LogP contribution in [-0.2, 0) is 9.59 Å². The van der Waals surface area contributed by atoms with E-state index >= 15 is 0 Å². The van der Waals surface area contributed by atoms with E-state index in [0.717, 1.165) is 13.1 Å². The molecule has 74 valence electrons. The maximum Gasteiger partial charge on any atom is 0.225 e. The Morgan fingerprint density at radius 1 is 1.38 bits per heavy atom. The Hall–Kier alpha value is -0.510. The Bertz CT molecular complexity index is 222. The molecule has 0 aromatic rings. The van der Waals surface area contributed by atoms with Gasteiger partial charge in [-0.25, -0.2) is 0 Å². The van der Waals surface area contributed by atoms with Crippen LogP contribution in [0, 0.1) is 5.92 Å². The highest BCUT2D eigenvalue weighted by molar-refractivity contribution is 8.14. The molecule has 1 saturated heterocycles. The Morgan fingerprint density at radius 2 is 1.92 bits per heavy atom. The summed E-state index contributed by atoms with van der Waals surface area (Å²) >= 11 is 1.34. The van der Waals surface area contributed by atoms with Crippen molar-refractivity contribution < 1.29 is 9.59 Å². The minimum Gasteiger partial charge on any atom is -0.340 e. The van der Waals surface area contributed by atoms with Crippen LogP contribution in [0.3, 0.4) is 0 Å². The molecule has 3 nitrogen and oxygen atoms in total. The standard InChI is InChI=1S/C9H15NO2S/c1-6(2)9(12)10-4-8(5-10)13-7(3)11/h6,8H,4-5H2,1-3H3. The Labute approximate surface area is 82.9 Å². The molecule has 0 N–H and O–H groups in total. The van der Waals surface area contributed by atoms with E-state index in [2.05, 4.69) is 0 Å². The largest absolute Gasteiger partial charge is 0.340 e. The van der Waals surface area contributed by atoms with Crippen LogP contribution in [0.1, 0.15) is 20.8 Å². The summed E-state index contributed by atoms with van der Waals surface area (Å²) < 4.78 is 0. The van der Waals surface area contributed by atoms with Crippen molar-refractivity contribution in [2.24, 2.45) is 5.92 Å². The summed E-state index contributed by atoms with van der Waals surface area (Å²) in [5.41, 5.74) is 0. The number of thioether (sulfide) groups is 1. The molecule has 0 saturated carbocycles. The van der Waals surface area contributed by atoms with E-state index in [1.54, 1.807) is 6.92 Å². The zero-order valence-electron chi connectivity index (χ0n) is 8.24. The quantitative estimate of drug-likeness (QED) is 0.672. The number of nitrogens with zero attached hydrogens (tertiary/aromatic N) is 1. The second-order valence-corrected chi connectivity index (χ2v) is 5.11. The van der Waals surface area contributed by atoms with Gasteiger partial charge in [0.1, 0.15) is 0 Å². The molecule has 0 radical (unpaired) electrons. The van der Waals surface area contributed by atoms with Crippen LogP contribution >= 0.6 is 11.8 Å². The fraction of sp³-hybridized carbons (Fsp3) is 0.778. The first kappa shape index (κ1) is 10.6. The molecule has 1 aliphatic rings. The van der Waals surface area contributed by atoms with Crippen LogP contribution in [0.4, 0.5) is 0 Å². The molecule has 1 amide bonds. The Kier molecular flexibility index (Phi) is 3.36. The number of likely N-dealkylation sites (tertiary alicyclic amines) is 1. The molecule has 1 aliphatic heterocycles. The molecule has 1 heterocycles. The van der Waals surface area contributed by atoms with E-state index in [0.29, 0.717) is 5.25 Å². The summed E-state index contributed by atoms with van der Waals surface area (Å²) in [6.45, 7) is 6.83. The lowest BCUT2D eigenvalue weighted by molar-refractivity contribution is -0.137. The van der Waals surface area contributed by atoms with Crippen LogP contribution in [-0.4, -0.2) is 34.3 Å². The minimum absolute atomic E-state index is 0.0725. The maximum absolute atomic E-state index is 11.4. The molecular formula is C9H15NO2S. The molecule has 4 heteroatoms. The molecule has 0 atom stereocenters. The van der Waals surface area contributed by atoms with Gasteiger partial charge < -0.3 is 4.90 Å². The van der Waals surface area contributed by atoms with Gasteiger partial charge in [0.15, 0.2) is 5.12 Å². The first-order valence-electron chi connectivity index (χ1n) is 4.46. The van der Waals surface area contributed by atoms with Gasteiger partial charge in [0.2, 0.25) is 5.91 Å². The number of carbonyl (C=O) groups is 2. The SMILES string of the molecule is CC(=O)SC1CN(C(=O)C(C)C)C1. The predicted molar refractivity (Wildman–Crippen MR) is 53.5 cm³/mol. The number of amides is 1. The fourth-order valence-electron chi connectivity index (χ4n) is 1.29. The van der Waals surface area contributed by atoms with Gasteiger partial charge in [-0.1, -0.05) is 25.6 Å². The lowest BCUT2D eigenvalue weighted by atomic mass is 10.1. The van der Waals surface area contributed by atoms with Crippen molar-refractivity contribution >= 4 is 22.8 Å². The average Bonchev–Trinajstić information content (AvgIpc) is 1.94. The lowest BCUT2D eigenvalue weighted by Crippen LogP contribution is -2.53. The summed E-state index contributed by atoms with van der Waals surface area (Å²) in [4.78, 5) is 23.9. The molecule has 13 heavy (non-hydrogen) atoms. The van der Waals surface area contributed by atoms with E-state index in [9.17, 15) is 9.59 Å². The number of hydrogen-bond donors (Lipinski definition) is 0. The highest BCUT2D eigenvalue weighted by Gasteiger charge is 2.32. The van der Waals surface area contributed by atoms with Crippen molar-refractivity contribution in [3.63, 3.8) is 0 Å². The Balaban J connectivity index is 2.25. The van der Waals surface area contributed by atoms with Gasteiger partial charge in [-0.15, -0.1) is 0 Å². The Morgan fingerprint density at radius 3 is 2.31 bits per heavy atom. The molecule has 1 fully saturated rings. The second kappa shape index (κ2) is 4.13. The number of rotatable bonds is 2. The number of hydrogen-bond acceptors (Lipinski definition) is 3. The van der Waals surface area contributed by atoms with Crippen LogP contribution in [0.2, 0.25) is 0 Å². The van der Waals surface area contributed by atoms with Gasteiger partial charge in [-0.2, -0.15) is 0 Å². The molecule has 0 spiro atoms. The normalized spacial score (nSPS) is 17.4. The third-order valence-corrected chi connectivity index (χ3v) is 2.95. The third kappa shape index (κ3) is 2.72. The third-order valence-electron chi connectivity index (χ3n) is 1.99. The van der Waals surface area contributed by atoms with Crippen molar-refractivity contribution in [3.05, 3.63) is 0 Å². The van der Waals surface area contributed by atoms with Crippen molar-refractivity contribution in [2.75, 3.05) is 13.1 Å². The zero-order valence-corrected chi connectivity index (χ0v) is 9.06. The van der Waals surface area contributed by atoms with Crippen LogP contribution in [0.5, 0.6) is 0 Å². The summed E-state index contributed by atoms with van der Waals surface area (Å²) in [5.74, 6) is 0.267. The van der Waals surface area contributed by atoms with Crippen LogP contribution in [0.15, 0.2) is 0 Å². The van der Waals surface area contributed by atoms with E-state index in [1.165, 1.54) is 11.8 Å². The molecule has 0 bridgehead atoms. The topological polar surface area (TPSA) is 37.4 Å². The zero-order chi connectivity index (χ0) is 10.0. The highest BCUT2D eigenvalue weighted by atomic mass is 32.2. The smallest absolute Gasteiger partial charge is 0.225 e. The van der Waals surface area contributed by atoms with Gasteiger partial charge in [-0.05, 0) is 0 Å². The fourth-order valence-corrected chi connectivity index (χ4v) is 2.27. The summed E-state index contributed by atoms with van der Waals surface area (Å²) in [6.07, 6.45) is 0. The van der Waals surface area contributed by atoms with Crippen molar-refractivity contribution in [1.82, 2.24) is 4.90 Å². The van der Waals surface area contributed by atoms with Gasteiger partial charge in [-0.3, -0.25) is 9.59 Å². The first-order chi connectivity index (χ1) is 6.00. The molecule has 1 rings (SSSR count). The summed E-state index contributed by atoms with van der Waals surface area (Å²) in [5, 5.41) is 0.474. The highest BCUT2D eigenvalue weighted by Crippen LogP contribution is 2.23. The molecular weight excluding hydrogens is 186 g/mol. The summed E-state index contributed by atoms with van der Waals surface area (Å²) in [7, 11) is 0. The monoisotopic (exact) mass is 201 g/mol. The van der Waals surface area contributed by atoms with Gasteiger partial charge in [0.05, 0.1) is 0 Å². The molecule has 0 aromatic carbocycles. The summed E-state index contributed by atoms with van der Waals surface area (Å²) in [6, 6.07) is 0. The van der Waals surface area contributed by atoms with Crippen LogP contribution < -0.4 is 0 Å². The lowest BCUT2D eigenvalue weighted by Gasteiger charge is -2.39. The van der Waals surface area contributed by atoms with Crippen molar-refractivity contribution in [3.8, 4) is 0 Å². The van der Waals surface area contributed by atoms with Crippen molar-refractivity contribution in [1.29, 1.82) is 0 Å². The predicted octanol–water partition coefficient (Wildman–Crippen LogP) is 1.13. The van der Waals surface area contributed by atoms with Gasteiger partial charge >= 0.3 is 0 Å². The van der Waals surface area contributed by atoms with E-state index < -0.39 is 0 Å². The average molecular weight is 201 g/mol. The maximum atomic E-state index is 11.4. The van der Waals surface area contributed by atoms with Gasteiger partial charge in [0.25, 0.3) is 0 Å². The minimum atomic E-state index is 0.0725. The van der Waals surface area contributed by atoms with Crippen molar-refractivity contribution in [2.45, 2.75) is 26.0 Å². The molecule has 0 aromatic heterocycles. The molecule has 0 unspecified atom stereocenters. The van der Waals surface area contributed by atoms with E-state index in [4.69, 9.17) is 0 Å². The second-order valence-electron chi connectivity index (χ2n) is 3.63. The van der Waals surface area contributed by atoms with Gasteiger partial charge in [0, 0.05) is 31.2 Å². The number of carbonyl (C=O) groups excluding carboxylic acids is 2. The van der Waals surface area contributed by atoms with E-state index in [1.807, 2.05) is 18.7 Å².